The van der Waals surface area contributed by atoms with E-state index in [-0.39, 0.29) is 22.9 Å². The summed E-state index contributed by atoms with van der Waals surface area (Å²) in [6, 6.07) is 2.84. The van der Waals surface area contributed by atoms with Crippen molar-refractivity contribution in [1.29, 1.82) is 0 Å². The lowest BCUT2D eigenvalue weighted by Crippen LogP contribution is -2.19. The summed E-state index contributed by atoms with van der Waals surface area (Å²) in [4.78, 5) is 11.2. The molecule has 8 heteroatoms. The van der Waals surface area contributed by atoms with Gasteiger partial charge < -0.3 is 16.8 Å². The summed E-state index contributed by atoms with van der Waals surface area (Å²) in [6.45, 7) is 0.128. The van der Waals surface area contributed by atoms with Crippen molar-refractivity contribution < 1.29 is 13.2 Å². The lowest BCUT2D eigenvalue weighted by Gasteiger charge is -2.12. The quantitative estimate of drug-likeness (QED) is 0.682. The lowest BCUT2D eigenvalue weighted by atomic mass is 10.1. The summed E-state index contributed by atoms with van der Waals surface area (Å²) >= 11 is 5.93. The predicted octanol–water partition coefficient (Wildman–Crippen LogP) is 0.478. The maximum Gasteiger partial charge on any atom is 0.250 e. The van der Waals surface area contributed by atoms with Gasteiger partial charge in [0.05, 0.1) is 22.0 Å². The van der Waals surface area contributed by atoms with Gasteiger partial charge in [0.25, 0.3) is 5.91 Å². The summed E-state index contributed by atoms with van der Waals surface area (Å²) in [6.07, 6.45) is 1.12. The Morgan fingerprint density at radius 2 is 2.06 bits per heavy atom. The monoisotopic (exact) mass is 291 g/mol. The molecule has 0 aliphatic carbocycles. The highest BCUT2D eigenvalue weighted by molar-refractivity contribution is 7.90. The van der Waals surface area contributed by atoms with E-state index in [1.165, 1.54) is 12.1 Å². The van der Waals surface area contributed by atoms with Gasteiger partial charge in [0.2, 0.25) is 0 Å². The van der Waals surface area contributed by atoms with Crippen molar-refractivity contribution in [3.05, 3.63) is 22.7 Å². The van der Waals surface area contributed by atoms with E-state index in [0.717, 1.165) is 6.26 Å². The third kappa shape index (κ3) is 4.08. The van der Waals surface area contributed by atoms with Crippen LogP contribution in [0.15, 0.2) is 12.1 Å². The number of hydrogen-bond donors (Lipinski definition) is 3. The van der Waals surface area contributed by atoms with Crippen molar-refractivity contribution in [2.24, 2.45) is 5.73 Å². The van der Waals surface area contributed by atoms with Crippen molar-refractivity contribution >= 4 is 38.7 Å². The molecule has 0 spiro atoms. The molecular weight excluding hydrogens is 278 g/mol. The lowest BCUT2D eigenvalue weighted by molar-refractivity contribution is 0.100. The van der Waals surface area contributed by atoms with Crippen LogP contribution in [0.4, 0.5) is 11.4 Å². The van der Waals surface area contributed by atoms with Gasteiger partial charge in [-0.15, -0.1) is 0 Å². The van der Waals surface area contributed by atoms with E-state index >= 15 is 0 Å². The van der Waals surface area contributed by atoms with Crippen LogP contribution in [-0.2, 0) is 9.84 Å². The number of rotatable bonds is 5. The summed E-state index contributed by atoms with van der Waals surface area (Å²) < 4.78 is 22.0. The van der Waals surface area contributed by atoms with Gasteiger partial charge in [0, 0.05) is 18.5 Å². The van der Waals surface area contributed by atoms with Gasteiger partial charge in [-0.1, -0.05) is 11.6 Å². The number of anilines is 2. The minimum atomic E-state index is -3.09. The maximum atomic E-state index is 11.2. The number of nitrogens with two attached hydrogens (primary N) is 2. The van der Waals surface area contributed by atoms with Gasteiger partial charge in [-0.3, -0.25) is 4.79 Å². The van der Waals surface area contributed by atoms with Crippen molar-refractivity contribution in [1.82, 2.24) is 0 Å². The number of halogens is 1. The minimum Gasteiger partial charge on any atom is -0.399 e. The smallest absolute Gasteiger partial charge is 0.250 e. The number of sulfone groups is 1. The van der Waals surface area contributed by atoms with E-state index in [0.29, 0.717) is 11.4 Å². The van der Waals surface area contributed by atoms with Crippen LogP contribution in [0.5, 0.6) is 0 Å². The molecule has 0 unspecified atom stereocenters. The molecule has 0 saturated heterocycles. The van der Waals surface area contributed by atoms with Gasteiger partial charge >= 0.3 is 0 Å². The van der Waals surface area contributed by atoms with Crippen molar-refractivity contribution in [3.8, 4) is 0 Å². The molecular formula is C10H14ClN3O3S. The summed E-state index contributed by atoms with van der Waals surface area (Å²) in [5.41, 5.74) is 11.5. The Morgan fingerprint density at radius 1 is 1.44 bits per heavy atom. The third-order valence-electron chi connectivity index (χ3n) is 2.15. The molecule has 1 amide bonds. The molecule has 0 aliphatic heterocycles. The van der Waals surface area contributed by atoms with E-state index in [2.05, 4.69) is 5.32 Å². The molecule has 0 aromatic heterocycles. The second kappa shape index (κ2) is 5.45. The Kier molecular flexibility index (Phi) is 4.42. The van der Waals surface area contributed by atoms with Crippen molar-refractivity contribution in [3.63, 3.8) is 0 Å². The number of benzene rings is 1. The number of amides is 1. The molecule has 0 aliphatic rings. The molecule has 6 nitrogen and oxygen atoms in total. The summed E-state index contributed by atoms with van der Waals surface area (Å²) in [5.74, 6) is -0.766. The molecule has 0 fully saturated rings. The first-order valence-corrected chi connectivity index (χ1v) is 7.45. The molecule has 1 aromatic rings. The maximum absolute atomic E-state index is 11.2. The highest BCUT2D eigenvalue weighted by Crippen LogP contribution is 2.28. The summed E-state index contributed by atoms with van der Waals surface area (Å²) in [5, 5.41) is 3.00. The van der Waals surface area contributed by atoms with Crippen molar-refractivity contribution in [2.75, 3.05) is 29.6 Å². The van der Waals surface area contributed by atoms with Crippen LogP contribution in [0, 0.1) is 0 Å². The van der Waals surface area contributed by atoms with Gasteiger partial charge in [0.1, 0.15) is 9.84 Å². The van der Waals surface area contributed by atoms with Crippen LogP contribution >= 0.6 is 11.6 Å². The van der Waals surface area contributed by atoms with Crippen molar-refractivity contribution in [2.45, 2.75) is 0 Å². The second-order valence-corrected chi connectivity index (χ2v) is 6.51. The van der Waals surface area contributed by atoms with Gasteiger partial charge in [0.15, 0.2) is 0 Å². The number of nitrogen functional groups attached to an aromatic ring is 1. The standard InChI is InChI=1S/C10H14ClN3O3S/c1-18(16,17)3-2-14-9-7(10(13)15)4-6(12)5-8(9)11/h4-5,14H,2-3,12H2,1H3,(H2,13,15). The van der Waals surface area contributed by atoms with E-state index in [9.17, 15) is 13.2 Å². The van der Waals surface area contributed by atoms with Crippen LogP contribution in [0.3, 0.4) is 0 Å². The normalized spacial score (nSPS) is 11.2. The number of hydrogen-bond acceptors (Lipinski definition) is 5. The first kappa shape index (κ1) is 14.6. The zero-order valence-corrected chi connectivity index (χ0v) is 11.3. The van der Waals surface area contributed by atoms with E-state index in [1.807, 2.05) is 0 Å². The van der Waals surface area contributed by atoms with E-state index in [1.54, 1.807) is 0 Å². The third-order valence-corrected chi connectivity index (χ3v) is 3.40. The average Bonchev–Trinajstić information content (AvgIpc) is 2.18. The molecule has 1 aromatic carbocycles. The fraction of sp³-hybridized carbons (Fsp3) is 0.300. The number of carbonyl (C=O) groups excluding carboxylic acids is 1. The fourth-order valence-corrected chi connectivity index (χ4v) is 2.13. The minimum absolute atomic E-state index is 0.0775. The van der Waals surface area contributed by atoms with Crippen LogP contribution in [-0.4, -0.2) is 32.9 Å². The zero-order chi connectivity index (χ0) is 13.9. The first-order chi connectivity index (χ1) is 8.20. The SMILES string of the molecule is CS(=O)(=O)CCNc1c(Cl)cc(N)cc1C(N)=O. The van der Waals surface area contributed by atoms with Crippen LogP contribution in [0.1, 0.15) is 10.4 Å². The molecule has 0 saturated carbocycles. The Morgan fingerprint density at radius 3 is 2.56 bits per heavy atom. The Hall–Kier alpha value is -1.47. The second-order valence-electron chi connectivity index (χ2n) is 3.85. The number of carbonyl (C=O) groups is 1. The number of primary amides is 1. The van der Waals surface area contributed by atoms with Crippen LogP contribution in [0.25, 0.3) is 0 Å². The van der Waals surface area contributed by atoms with E-state index in [4.69, 9.17) is 23.1 Å². The molecule has 5 N–H and O–H groups in total. The summed E-state index contributed by atoms with van der Waals surface area (Å²) in [7, 11) is -3.09. The Labute approximate surface area is 110 Å². The molecule has 100 valence electrons. The highest BCUT2D eigenvalue weighted by Gasteiger charge is 2.13. The largest absolute Gasteiger partial charge is 0.399 e. The predicted molar refractivity (Wildman–Crippen MR) is 72.6 cm³/mol. The molecule has 18 heavy (non-hydrogen) atoms. The molecule has 0 heterocycles. The van der Waals surface area contributed by atoms with Crippen LogP contribution < -0.4 is 16.8 Å². The van der Waals surface area contributed by atoms with Gasteiger partial charge in [-0.25, -0.2) is 8.42 Å². The van der Waals surface area contributed by atoms with Gasteiger partial charge in [-0.2, -0.15) is 0 Å². The Bertz CT molecular complexity index is 572. The zero-order valence-electron chi connectivity index (χ0n) is 9.73. The highest BCUT2D eigenvalue weighted by atomic mass is 35.5. The molecule has 1 rings (SSSR count). The Balaban J connectivity index is 2.97. The topological polar surface area (TPSA) is 115 Å². The average molecular weight is 292 g/mol. The molecule has 0 radical (unpaired) electrons. The molecule has 0 bridgehead atoms. The number of nitrogens with one attached hydrogen (secondary N) is 1. The van der Waals surface area contributed by atoms with Gasteiger partial charge in [-0.05, 0) is 12.1 Å². The fourth-order valence-electron chi connectivity index (χ4n) is 1.36. The van der Waals surface area contributed by atoms with Crippen LogP contribution in [0.2, 0.25) is 5.02 Å². The van der Waals surface area contributed by atoms with E-state index < -0.39 is 15.7 Å². The molecule has 0 atom stereocenters. The first-order valence-electron chi connectivity index (χ1n) is 5.01.